The maximum Gasteiger partial charge on any atom is 0.228 e. The number of hydrogen-bond acceptors (Lipinski definition) is 5. The van der Waals surface area contributed by atoms with Gasteiger partial charge in [0, 0.05) is 31.0 Å². The Morgan fingerprint density at radius 3 is 3.11 bits per heavy atom. The molecule has 2 atom stereocenters. The second-order valence-corrected chi connectivity index (χ2v) is 8.57. The minimum absolute atomic E-state index is 0.0381. The highest BCUT2D eigenvalue weighted by Gasteiger charge is 2.32. The Hall–Kier alpha value is -2.32. The van der Waals surface area contributed by atoms with Gasteiger partial charge in [-0.15, -0.1) is 11.3 Å². The lowest BCUT2D eigenvalue weighted by atomic mass is 10.00. The molecular formula is C20H21FN4O2S. The summed E-state index contributed by atoms with van der Waals surface area (Å²) in [7, 11) is 0. The minimum Gasteiger partial charge on any atom is -0.381 e. The average molecular weight is 400 g/mol. The Kier molecular flexibility index (Phi) is 4.40. The van der Waals surface area contributed by atoms with E-state index in [2.05, 4.69) is 11.9 Å². The summed E-state index contributed by atoms with van der Waals surface area (Å²) in [6.07, 6.45) is 3.52. The van der Waals surface area contributed by atoms with Gasteiger partial charge in [-0.05, 0) is 31.9 Å². The van der Waals surface area contributed by atoms with Crippen LogP contribution in [0, 0.1) is 11.0 Å². The van der Waals surface area contributed by atoms with E-state index in [4.69, 9.17) is 9.84 Å². The Bertz CT molecular complexity index is 1040. The number of rotatable bonds is 2. The summed E-state index contributed by atoms with van der Waals surface area (Å²) < 4.78 is 22.0. The van der Waals surface area contributed by atoms with Crippen LogP contribution in [0.2, 0.25) is 0 Å². The topological polar surface area (TPSA) is 60.3 Å². The monoisotopic (exact) mass is 400 g/mol. The van der Waals surface area contributed by atoms with Crippen molar-refractivity contribution in [2.75, 3.05) is 19.8 Å². The van der Waals surface area contributed by atoms with E-state index in [0.29, 0.717) is 25.2 Å². The summed E-state index contributed by atoms with van der Waals surface area (Å²) in [6.45, 7) is 4.53. The van der Waals surface area contributed by atoms with E-state index in [1.165, 1.54) is 6.07 Å². The molecule has 0 unspecified atom stereocenters. The van der Waals surface area contributed by atoms with Crippen LogP contribution in [0.4, 0.5) is 4.39 Å². The normalized spacial score (nSPS) is 22.4. The van der Waals surface area contributed by atoms with Crippen LogP contribution in [-0.4, -0.2) is 45.3 Å². The van der Waals surface area contributed by atoms with Gasteiger partial charge in [0.15, 0.2) is 5.13 Å². The van der Waals surface area contributed by atoms with Crippen LogP contribution >= 0.6 is 11.3 Å². The third-order valence-corrected chi connectivity index (χ3v) is 6.49. The third kappa shape index (κ3) is 3.00. The molecule has 3 aromatic heterocycles. The number of amides is 1. The molecule has 0 N–H and O–H groups in total. The number of halogens is 1. The number of hydrogen-bond donors (Lipinski definition) is 0. The summed E-state index contributed by atoms with van der Waals surface area (Å²) >= 11 is 1.09. The van der Waals surface area contributed by atoms with Crippen LogP contribution in [0.1, 0.15) is 31.5 Å². The Balaban J connectivity index is 1.46. The van der Waals surface area contributed by atoms with E-state index in [0.717, 1.165) is 52.4 Å². The molecule has 2 aliphatic heterocycles. The highest BCUT2D eigenvalue weighted by Crippen LogP contribution is 2.34. The van der Waals surface area contributed by atoms with Gasteiger partial charge in [-0.25, -0.2) is 0 Å². The molecule has 0 spiro atoms. The number of pyridine rings is 1. The van der Waals surface area contributed by atoms with Crippen LogP contribution in [0.5, 0.6) is 0 Å². The van der Waals surface area contributed by atoms with Crippen molar-refractivity contribution in [1.29, 1.82) is 0 Å². The molecule has 5 heterocycles. The second kappa shape index (κ2) is 6.93. The van der Waals surface area contributed by atoms with E-state index in [9.17, 15) is 9.18 Å². The van der Waals surface area contributed by atoms with Gasteiger partial charge in [-0.1, -0.05) is 0 Å². The van der Waals surface area contributed by atoms with E-state index in [1.807, 2.05) is 21.7 Å². The second-order valence-electron chi connectivity index (χ2n) is 7.57. The number of nitrogens with zero attached hydrogens (tertiary/aromatic N) is 4. The van der Waals surface area contributed by atoms with Gasteiger partial charge in [0.05, 0.1) is 46.7 Å². The quantitative estimate of drug-likeness (QED) is 0.659. The Labute approximate surface area is 165 Å². The fraction of sp³-hybridized carbons (Fsp3) is 0.450. The number of aromatic nitrogens is 3. The van der Waals surface area contributed by atoms with Crippen LogP contribution < -0.4 is 0 Å². The van der Waals surface area contributed by atoms with Crippen molar-refractivity contribution < 1.29 is 13.9 Å². The summed E-state index contributed by atoms with van der Waals surface area (Å²) in [4.78, 5) is 19.1. The van der Waals surface area contributed by atoms with Crippen molar-refractivity contribution in [1.82, 2.24) is 19.7 Å². The molecule has 1 saturated heterocycles. The fourth-order valence-electron chi connectivity index (χ4n) is 4.19. The maximum absolute atomic E-state index is 13.7. The zero-order valence-corrected chi connectivity index (χ0v) is 16.4. The summed E-state index contributed by atoms with van der Waals surface area (Å²) in [5.74, 6) is 0.135. The minimum atomic E-state index is -0.251. The van der Waals surface area contributed by atoms with E-state index < -0.39 is 0 Å². The van der Waals surface area contributed by atoms with Gasteiger partial charge in [-0.2, -0.15) is 9.49 Å². The van der Waals surface area contributed by atoms with E-state index >= 15 is 0 Å². The summed E-state index contributed by atoms with van der Waals surface area (Å²) in [6, 6.07) is 5.43. The smallest absolute Gasteiger partial charge is 0.228 e. The first-order valence-electron chi connectivity index (χ1n) is 9.59. The molecule has 8 heteroatoms. The predicted molar refractivity (Wildman–Crippen MR) is 104 cm³/mol. The molecule has 0 radical (unpaired) electrons. The lowest BCUT2D eigenvalue weighted by molar-refractivity contribution is -0.141. The molecule has 5 rings (SSSR count). The first-order chi connectivity index (χ1) is 13.6. The fourth-order valence-corrected chi connectivity index (χ4v) is 5.06. The van der Waals surface area contributed by atoms with Crippen molar-refractivity contribution in [2.45, 2.75) is 32.4 Å². The highest BCUT2D eigenvalue weighted by atomic mass is 32.1. The molecule has 28 heavy (non-hydrogen) atoms. The predicted octanol–water partition coefficient (Wildman–Crippen LogP) is 3.63. The Morgan fingerprint density at radius 1 is 1.39 bits per heavy atom. The lowest BCUT2D eigenvalue weighted by Crippen LogP contribution is -2.44. The van der Waals surface area contributed by atoms with Gasteiger partial charge >= 0.3 is 0 Å². The lowest BCUT2D eigenvalue weighted by Gasteiger charge is -2.35. The number of thiophene rings is 1. The van der Waals surface area contributed by atoms with Crippen LogP contribution in [0.3, 0.4) is 0 Å². The maximum atomic E-state index is 13.7. The first kappa shape index (κ1) is 17.8. The third-order valence-electron chi connectivity index (χ3n) is 5.55. The molecule has 0 aliphatic carbocycles. The van der Waals surface area contributed by atoms with Crippen LogP contribution in [0.25, 0.3) is 21.5 Å². The number of fused-ring (bicyclic) bond motifs is 2. The van der Waals surface area contributed by atoms with Crippen molar-refractivity contribution in [2.24, 2.45) is 5.92 Å². The van der Waals surface area contributed by atoms with Crippen LogP contribution in [-0.2, 0) is 16.1 Å². The Morgan fingerprint density at radius 2 is 2.29 bits per heavy atom. The standard InChI is InChI=1S/C20H21FN4O2S/c1-12-9-24(20(26)13-3-2-6-27-11-13)10-14-7-16(23-25(12)14)15-4-5-22-17-8-18(21)28-19(15)17/h4-5,7-8,12-13H,2-3,6,9-11H2,1H3/t12-,13-/m0/s1. The van der Waals surface area contributed by atoms with Gasteiger partial charge in [-0.3, -0.25) is 14.5 Å². The van der Waals surface area contributed by atoms with Crippen molar-refractivity contribution in [3.8, 4) is 11.3 Å². The summed E-state index contributed by atoms with van der Waals surface area (Å²) in [5, 5.41) is 4.53. The molecule has 146 valence electrons. The van der Waals surface area contributed by atoms with Gasteiger partial charge in [0.25, 0.3) is 0 Å². The van der Waals surface area contributed by atoms with Gasteiger partial charge in [0.2, 0.25) is 5.91 Å². The number of carbonyl (C=O) groups excluding carboxylic acids is 1. The van der Waals surface area contributed by atoms with E-state index in [1.54, 1.807) is 6.20 Å². The molecule has 0 saturated carbocycles. The molecule has 1 fully saturated rings. The molecule has 0 aromatic carbocycles. The molecule has 6 nitrogen and oxygen atoms in total. The van der Waals surface area contributed by atoms with Crippen LogP contribution in [0.15, 0.2) is 24.4 Å². The zero-order chi connectivity index (χ0) is 19.3. The molecule has 0 bridgehead atoms. The van der Waals surface area contributed by atoms with Gasteiger partial charge in [0.1, 0.15) is 0 Å². The molecule has 1 amide bonds. The van der Waals surface area contributed by atoms with Crippen molar-refractivity contribution in [3.05, 3.63) is 35.2 Å². The van der Waals surface area contributed by atoms with Gasteiger partial charge < -0.3 is 9.64 Å². The first-order valence-corrected chi connectivity index (χ1v) is 10.4. The SMILES string of the molecule is C[C@H]1CN(C(=O)[C@H]2CCCOC2)Cc2cc(-c3ccnc4cc(F)sc34)nn21. The largest absolute Gasteiger partial charge is 0.381 e. The van der Waals surface area contributed by atoms with Crippen molar-refractivity contribution >= 4 is 27.5 Å². The molecule has 2 aliphatic rings. The number of carbonyl (C=O) groups is 1. The average Bonchev–Trinajstić information content (AvgIpc) is 3.30. The van der Waals surface area contributed by atoms with E-state index in [-0.39, 0.29) is 23.0 Å². The molecule has 3 aromatic rings. The highest BCUT2D eigenvalue weighted by molar-refractivity contribution is 7.18. The van der Waals surface area contributed by atoms with Crippen molar-refractivity contribution in [3.63, 3.8) is 0 Å². The summed E-state index contributed by atoms with van der Waals surface area (Å²) in [5.41, 5.74) is 3.33. The zero-order valence-electron chi connectivity index (χ0n) is 15.6. The number of ether oxygens (including phenoxy) is 1. The molecular weight excluding hydrogens is 379 g/mol.